The van der Waals surface area contributed by atoms with E-state index in [0.717, 1.165) is 93.1 Å². The Morgan fingerprint density at radius 1 is 0.611 bits per heavy atom. The van der Waals surface area contributed by atoms with Crippen molar-refractivity contribution in [3.05, 3.63) is 303 Å². The third kappa shape index (κ3) is 9.86. The Hall–Kier alpha value is -8.02. The molecule has 0 bridgehead atoms. The average molecular weight is 1260 g/mol. The first-order valence-corrected chi connectivity index (χ1v) is 36.4. The van der Waals surface area contributed by atoms with Crippen LogP contribution < -0.4 is 9.64 Å². The van der Waals surface area contributed by atoms with Gasteiger partial charge in [0.25, 0.3) is 0 Å². The van der Waals surface area contributed by atoms with Gasteiger partial charge < -0.3 is 14.5 Å². The number of allylic oxidation sites excluding steroid dienone is 24. The molecule has 0 spiro atoms. The fraction of sp³-hybridized carbons (Fsp3) is 0.378. The minimum atomic E-state index is -0.837. The number of nitrogens with zero attached hydrogens (tertiary/aromatic N) is 2. The number of fused-ring (bicyclic) bond motifs is 11. The fourth-order valence-corrected chi connectivity index (χ4v) is 21.2. The second-order valence-corrected chi connectivity index (χ2v) is 30.6. The molecule has 11 aliphatic carbocycles. The molecule has 0 aromatic heterocycles. The van der Waals surface area contributed by atoms with Crippen LogP contribution in [0.15, 0.2) is 253 Å². The van der Waals surface area contributed by atoms with Crippen LogP contribution >= 0.6 is 0 Å². The summed E-state index contributed by atoms with van der Waals surface area (Å²) in [5, 5.41) is 2.35. The smallest absolute Gasteiger partial charge is 0.124 e. The highest BCUT2D eigenvalue weighted by molar-refractivity contribution is 5.90. The van der Waals surface area contributed by atoms with Gasteiger partial charge in [0.05, 0.1) is 0 Å². The minimum absolute atomic E-state index is 0.0468. The Morgan fingerprint density at radius 3 is 2.20 bits per heavy atom. The topological polar surface area (TPSA) is 15.7 Å². The van der Waals surface area contributed by atoms with Gasteiger partial charge in [-0.05, 0) is 282 Å². The maximum absolute atomic E-state index is 15.3. The van der Waals surface area contributed by atoms with Gasteiger partial charge in [-0.2, -0.15) is 0 Å². The van der Waals surface area contributed by atoms with Crippen molar-refractivity contribution < 1.29 is 13.5 Å². The van der Waals surface area contributed by atoms with E-state index >= 15 is 8.78 Å². The summed E-state index contributed by atoms with van der Waals surface area (Å²) < 4.78 is 37.7. The molecule has 0 N–H and O–H groups in total. The number of benzene rings is 5. The highest BCUT2D eigenvalue weighted by Crippen LogP contribution is 2.67. The summed E-state index contributed by atoms with van der Waals surface area (Å²) in [6, 6.07) is 33.6. The third-order valence-electron chi connectivity index (χ3n) is 25.6. The Balaban J connectivity index is 0.754. The summed E-state index contributed by atoms with van der Waals surface area (Å²) in [5.74, 6) is 4.41. The van der Waals surface area contributed by atoms with Gasteiger partial charge in [0.2, 0.25) is 0 Å². The molecule has 0 amide bonds. The molecule has 14 atom stereocenters. The normalized spacial score (nSPS) is 32.2. The monoisotopic (exact) mass is 1250 g/mol. The lowest BCUT2D eigenvalue weighted by Gasteiger charge is -2.49. The Labute approximate surface area is 563 Å². The van der Waals surface area contributed by atoms with E-state index in [0.29, 0.717) is 79.4 Å². The first-order valence-electron chi connectivity index (χ1n) is 36.4. The van der Waals surface area contributed by atoms with Gasteiger partial charge in [-0.1, -0.05) is 162 Å². The molecule has 1 aliphatic heterocycles. The predicted octanol–water partition coefficient (Wildman–Crippen LogP) is 23.1. The zero-order valence-electron chi connectivity index (χ0n) is 56.2. The Kier molecular flexibility index (Phi) is 15.3. The molecule has 482 valence electrons. The van der Waals surface area contributed by atoms with Crippen LogP contribution in [0.3, 0.4) is 0 Å². The molecular weight excluding hydrogens is 1160 g/mol. The van der Waals surface area contributed by atoms with E-state index in [4.69, 9.17) is 4.74 Å². The van der Waals surface area contributed by atoms with Gasteiger partial charge in [-0.3, -0.25) is 0 Å². The number of rotatable bonds is 12. The summed E-state index contributed by atoms with van der Waals surface area (Å²) in [7, 11) is 0. The summed E-state index contributed by atoms with van der Waals surface area (Å²) in [6.07, 6.45) is 56.4. The zero-order chi connectivity index (χ0) is 64.4. The largest absolute Gasteiger partial charge is 0.489 e. The van der Waals surface area contributed by atoms with Gasteiger partial charge in [-0.15, -0.1) is 6.58 Å². The van der Waals surface area contributed by atoms with Gasteiger partial charge in [0.15, 0.2) is 0 Å². The molecular formula is C90H92F2N2O. The quantitative estimate of drug-likeness (QED) is 0.116. The lowest BCUT2D eigenvalue weighted by atomic mass is 9.54. The molecule has 1 fully saturated rings. The molecule has 5 aromatic rings. The highest BCUT2D eigenvalue weighted by atomic mass is 19.1. The molecule has 5 aromatic carbocycles. The molecule has 95 heavy (non-hydrogen) atoms. The van der Waals surface area contributed by atoms with E-state index in [1.807, 2.05) is 0 Å². The summed E-state index contributed by atoms with van der Waals surface area (Å²) in [6.45, 7) is 17.7. The third-order valence-corrected chi connectivity index (χ3v) is 25.6. The molecule has 1 saturated carbocycles. The average Bonchev–Trinajstić information content (AvgIpc) is 1.58. The lowest BCUT2D eigenvalue weighted by molar-refractivity contribution is 0.163. The van der Waals surface area contributed by atoms with E-state index in [1.165, 1.54) is 89.4 Å². The summed E-state index contributed by atoms with van der Waals surface area (Å²) >= 11 is 0. The second-order valence-electron chi connectivity index (χ2n) is 30.6. The van der Waals surface area contributed by atoms with Crippen molar-refractivity contribution in [1.82, 2.24) is 4.90 Å². The van der Waals surface area contributed by atoms with Crippen LogP contribution in [0.2, 0.25) is 0 Å². The van der Waals surface area contributed by atoms with Gasteiger partial charge >= 0.3 is 0 Å². The van der Waals surface area contributed by atoms with E-state index in [9.17, 15) is 0 Å². The Bertz CT molecular complexity index is 4430. The van der Waals surface area contributed by atoms with E-state index in [2.05, 4.69) is 239 Å². The maximum atomic E-state index is 15.3. The van der Waals surface area contributed by atoms with Crippen LogP contribution in [0.1, 0.15) is 165 Å². The summed E-state index contributed by atoms with van der Waals surface area (Å²) in [5.41, 5.74) is 23.5. The number of hydrogen-bond donors (Lipinski definition) is 0. The van der Waals surface area contributed by atoms with E-state index < -0.39 is 6.17 Å². The molecule has 12 aliphatic rings. The Morgan fingerprint density at radius 2 is 1.42 bits per heavy atom. The van der Waals surface area contributed by atoms with Crippen LogP contribution in [0.25, 0.3) is 10.8 Å². The zero-order valence-corrected chi connectivity index (χ0v) is 56.2. The number of halogens is 2. The van der Waals surface area contributed by atoms with Crippen LogP contribution in [0, 0.1) is 75.0 Å². The second kappa shape index (κ2) is 24.0. The number of ether oxygens (including phenoxy) is 1. The van der Waals surface area contributed by atoms with Crippen molar-refractivity contribution in [2.24, 2.45) is 47.3 Å². The van der Waals surface area contributed by atoms with Crippen molar-refractivity contribution in [3.8, 4) is 5.75 Å². The van der Waals surface area contributed by atoms with E-state index in [1.54, 1.807) is 11.6 Å². The molecule has 5 heteroatoms. The first kappa shape index (κ1) is 60.6. The fourth-order valence-electron chi connectivity index (χ4n) is 21.2. The van der Waals surface area contributed by atoms with Crippen molar-refractivity contribution in [1.29, 1.82) is 0 Å². The molecule has 0 radical (unpaired) electrons. The van der Waals surface area contributed by atoms with Crippen LogP contribution in [0.4, 0.5) is 20.2 Å². The first-order chi connectivity index (χ1) is 46.4. The van der Waals surface area contributed by atoms with Crippen molar-refractivity contribution >= 4 is 22.1 Å². The van der Waals surface area contributed by atoms with Gasteiger partial charge in [0.1, 0.15) is 23.9 Å². The minimum Gasteiger partial charge on any atom is -0.489 e. The predicted molar refractivity (Wildman–Crippen MR) is 388 cm³/mol. The van der Waals surface area contributed by atoms with Crippen LogP contribution in [-0.2, 0) is 10.8 Å². The molecule has 0 saturated heterocycles. The maximum Gasteiger partial charge on any atom is 0.124 e. The SMILES string of the molecule is C=CC1=CCC(C2(c3cc(C)ccc3C)C3C=CC=CC3C3C=CC(N(C4=CC=C(F)CC4)C4=CC5=CC6c7cc8cc(N(C9=CCC(F)CC9)c9ccc%10c(c9)C(C9=CCC(C=C)CC9)(c9cc(C)ccc9C)C9CCC=CC%109)ccc8cc7OC6CC5CC4)=CC32)CC1. The highest BCUT2D eigenvalue weighted by Gasteiger charge is 2.62. The van der Waals surface area contributed by atoms with Crippen LogP contribution in [0.5, 0.6) is 5.75 Å². The number of aryl methyl sites for hydroxylation is 4. The molecule has 14 unspecified atom stereocenters. The number of alkyl halides is 1. The van der Waals surface area contributed by atoms with Crippen molar-refractivity contribution in [2.45, 2.75) is 165 Å². The molecule has 1 heterocycles. The van der Waals surface area contributed by atoms with E-state index in [-0.39, 0.29) is 34.6 Å². The summed E-state index contributed by atoms with van der Waals surface area (Å²) in [4.78, 5) is 5.07. The van der Waals surface area contributed by atoms with Gasteiger partial charge in [-0.25, -0.2) is 8.78 Å². The van der Waals surface area contributed by atoms with Gasteiger partial charge in [0, 0.05) is 68.8 Å². The number of hydrogen-bond acceptors (Lipinski definition) is 3. The van der Waals surface area contributed by atoms with Crippen molar-refractivity contribution in [3.63, 3.8) is 0 Å². The number of anilines is 2. The van der Waals surface area contributed by atoms with Crippen molar-refractivity contribution in [2.75, 3.05) is 4.90 Å². The molecule has 17 rings (SSSR count). The molecule has 3 nitrogen and oxygen atoms in total. The lowest BCUT2D eigenvalue weighted by Crippen LogP contribution is -2.46. The standard InChI is InChI=1S/C90H92F2N2O/c1-7-59-21-27-65(28-22-59)89(83-45-55(3)17-19-57(83)5)81-15-11-9-13-75(81)77-43-41-73(53-85(77)89)93(69-37-31-67(91)32-38-69)71-35-25-61-51-87-79(49-63(61)47-71)80-50-64-48-72(36-26-62(64)52-88(80)95-87)94(70-39-33-68(92)34-40-70)74-42-44-78-76-14-10-12-16-82(76)90(86(78)54-74,66-29-23-60(8-2)24-30-66)84-46-56(4)18-20-58(84)6/h7-11,13-15,17-21,26,29,31,36-37,39,41-50,52-54,60-61,65,68,75-77,79,81-82,85,87H,1-2,12,16,22-25,27-28,30,32-35,38,40,51H2,3-6H3. The van der Waals surface area contributed by atoms with Crippen LogP contribution in [-0.4, -0.2) is 17.2 Å².